The van der Waals surface area contributed by atoms with Crippen LogP contribution in [0, 0.1) is 6.92 Å². The molecule has 1 aromatic carbocycles. The van der Waals surface area contributed by atoms with Crippen LogP contribution in [0.3, 0.4) is 0 Å². The number of aromatic carboxylic acids is 1. The third-order valence-corrected chi connectivity index (χ3v) is 3.14. The number of aryl methyl sites for hydroxylation is 1. The molecule has 2 rings (SSSR count). The van der Waals surface area contributed by atoms with Crippen molar-refractivity contribution in [1.29, 1.82) is 0 Å². The molecule has 6 nitrogen and oxygen atoms in total. The molecule has 1 amide bonds. The smallest absolute Gasteiger partial charge is 0.335 e. The minimum absolute atomic E-state index is 0.0435. The number of benzene rings is 1. The van der Waals surface area contributed by atoms with Crippen LogP contribution >= 0.6 is 23.2 Å². The molecule has 0 saturated carbocycles. The average molecular weight is 326 g/mol. The number of hydrogen-bond donors (Lipinski definition) is 2. The highest BCUT2D eigenvalue weighted by molar-refractivity contribution is 6.34. The van der Waals surface area contributed by atoms with Crippen LogP contribution in [-0.2, 0) is 0 Å². The van der Waals surface area contributed by atoms with E-state index in [1.54, 1.807) is 13.0 Å². The average Bonchev–Trinajstić information content (AvgIpc) is 2.41. The molecule has 0 aliphatic rings. The number of carboxylic acids is 1. The van der Waals surface area contributed by atoms with Crippen molar-refractivity contribution in [3.8, 4) is 0 Å². The largest absolute Gasteiger partial charge is 0.478 e. The van der Waals surface area contributed by atoms with Gasteiger partial charge in [0, 0.05) is 5.69 Å². The number of hydrogen-bond acceptors (Lipinski definition) is 4. The summed E-state index contributed by atoms with van der Waals surface area (Å²) in [5.74, 6) is -1.54. The van der Waals surface area contributed by atoms with Gasteiger partial charge in [-0.05, 0) is 36.8 Å². The first-order valence-electron chi connectivity index (χ1n) is 5.72. The first kappa shape index (κ1) is 15.2. The third-order valence-electron chi connectivity index (χ3n) is 2.68. The number of rotatable bonds is 3. The molecule has 21 heavy (non-hydrogen) atoms. The summed E-state index contributed by atoms with van der Waals surface area (Å²) in [6.45, 7) is 1.64. The Morgan fingerprint density at radius 2 is 1.86 bits per heavy atom. The Morgan fingerprint density at radius 1 is 1.14 bits per heavy atom. The lowest BCUT2D eigenvalue weighted by molar-refractivity contribution is 0.0696. The SMILES string of the molecule is Cc1cc(NC(=O)c2cc(Cl)nnc2Cl)ccc1C(=O)O. The molecule has 0 atom stereocenters. The van der Waals surface area contributed by atoms with Crippen LogP contribution in [0.4, 0.5) is 5.69 Å². The maximum Gasteiger partial charge on any atom is 0.335 e. The van der Waals surface area contributed by atoms with E-state index < -0.39 is 11.9 Å². The molecule has 1 heterocycles. The van der Waals surface area contributed by atoms with Crippen LogP contribution < -0.4 is 5.32 Å². The van der Waals surface area contributed by atoms with Gasteiger partial charge in [-0.15, -0.1) is 10.2 Å². The molecule has 0 spiro atoms. The second kappa shape index (κ2) is 6.07. The number of nitrogens with one attached hydrogen (secondary N) is 1. The number of carbonyl (C=O) groups excluding carboxylic acids is 1. The van der Waals surface area contributed by atoms with E-state index in [2.05, 4.69) is 15.5 Å². The summed E-state index contributed by atoms with van der Waals surface area (Å²) < 4.78 is 0. The zero-order chi connectivity index (χ0) is 15.6. The molecule has 0 unspecified atom stereocenters. The number of nitrogens with zero attached hydrogens (tertiary/aromatic N) is 2. The molecule has 0 radical (unpaired) electrons. The van der Waals surface area contributed by atoms with Gasteiger partial charge in [-0.3, -0.25) is 4.79 Å². The van der Waals surface area contributed by atoms with E-state index in [9.17, 15) is 9.59 Å². The Kier molecular flexibility index (Phi) is 4.40. The highest BCUT2D eigenvalue weighted by Crippen LogP contribution is 2.19. The van der Waals surface area contributed by atoms with Gasteiger partial charge < -0.3 is 10.4 Å². The maximum atomic E-state index is 12.1. The van der Waals surface area contributed by atoms with E-state index in [4.69, 9.17) is 28.3 Å². The number of carboxylic acid groups (broad SMARTS) is 1. The van der Waals surface area contributed by atoms with E-state index in [0.717, 1.165) is 0 Å². The summed E-state index contributed by atoms with van der Waals surface area (Å²) in [7, 11) is 0. The standard InChI is InChI=1S/C13H9Cl2N3O3/c1-6-4-7(2-3-8(6)13(20)21)16-12(19)9-5-10(14)17-18-11(9)15/h2-5H,1H3,(H,16,19)(H,20,21). The van der Waals surface area contributed by atoms with Gasteiger partial charge in [0.25, 0.3) is 5.91 Å². The number of amides is 1. The van der Waals surface area contributed by atoms with Gasteiger partial charge >= 0.3 is 5.97 Å². The Morgan fingerprint density at radius 3 is 2.48 bits per heavy atom. The van der Waals surface area contributed by atoms with Crippen molar-refractivity contribution >= 4 is 40.8 Å². The van der Waals surface area contributed by atoms with Crippen molar-refractivity contribution < 1.29 is 14.7 Å². The van der Waals surface area contributed by atoms with Crippen molar-refractivity contribution in [3.63, 3.8) is 0 Å². The highest BCUT2D eigenvalue weighted by Gasteiger charge is 2.14. The Labute approximate surface area is 129 Å². The summed E-state index contributed by atoms with van der Waals surface area (Å²) in [6, 6.07) is 5.74. The maximum absolute atomic E-state index is 12.1. The normalized spacial score (nSPS) is 10.2. The fraction of sp³-hybridized carbons (Fsp3) is 0.0769. The first-order chi connectivity index (χ1) is 9.88. The van der Waals surface area contributed by atoms with Crippen molar-refractivity contribution in [2.24, 2.45) is 0 Å². The van der Waals surface area contributed by atoms with Gasteiger partial charge in [0.1, 0.15) is 0 Å². The Balaban J connectivity index is 2.26. The van der Waals surface area contributed by atoms with Crippen LogP contribution in [-0.4, -0.2) is 27.2 Å². The molecular formula is C13H9Cl2N3O3. The van der Waals surface area contributed by atoms with Crippen molar-refractivity contribution in [3.05, 3.63) is 51.3 Å². The lowest BCUT2D eigenvalue weighted by atomic mass is 10.1. The van der Waals surface area contributed by atoms with Gasteiger partial charge in [0.2, 0.25) is 0 Å². The molecule has 0 aliphatic heterocycles. The molecular weight excluding hydrogens is 317 g/mol. The molecule has 0 aliphatic carbocycles. The van der Waals surface area contributed by atoms with E-state index in [0.29, 0.717) is 11.3 Å². The predicted octanol–water partition coefficient (Wildman–Crippen LogP) is 3.04. The Bertz CT molecular complexity index is 735. The number of aromatic nitrogens is 2. The predicted molar refractivity (Wildman–Crippen MR) is 78.1 cm³/mol. The molecule has 0 fully saturated rings. The van der Waals surface area contributed by atoms with Gasteiger partial charge in [-0.25, -0.2) is 4.79 Å². The lowest BCUT2D eigenvalue weighted by Gasteiger charge is -2.08. The molecule has 8 heteroatoms. The number of anilines is 1. The van der Waals surface area contributed by atoms with E-state index in [-0.39, 0.29) is 21.4 Å². The molecule has 2 N–H and O–H groups in total. The highest BCUT2D eigenvalue weighted by atomic mass is 35.5. The second-order valence-corrected chi connectivity index (χ2v) is 4.91. The van der Waals surface area contributed by atoms with Crippen LogP contribution in [0.5, 0.6) is 0 Å². The van der Waals surface area contributed by atoms with Gasteiger partial charge in [0.15, 0.2) is 10.3 Å². The van der Waals surface area contributed by atoms with Crippen LogP contribution in [0.2, 0.25) is 10.3 Å². The van der Waals surface area contributed by atoms with Crippen LogP contribution in [0.15, 0.2) is 24.3 Å². The summed E-state index contributed by atoms with van der Waals surface area (Å²) in [5.41, 5.74) is 1.21. The van der Waals surface area contributed by atoms with E-state index >= 15 is 0 Å². The van der Waals surface area contributed by atoms with Crippen molar-refractivity contribution in [2.75, 3.05) is 5.32 Å². The zero-order valence-corrected chi connectivity index (χ0v) is 12.2. The minimum atomic E-state index is -1.03. The fourth-order valence-corrected chi connectivity index (χ4v) is 2.02. The van der Waals surface area contributed by atoms with Crippen LogP contribution in [0.25, 0.3) is 0 Å². The van der Waals surface area contributed by atoms with E-state index in [1.807, 2.05) is 0 Å². The fourth-order valence-electron chi connectivity index (χ4n) is 1.69. The quantitative estimate of drug-likeness (QED) is 0.904. The van der Waals surface area contributed by atoms with E-state index in [1.165, 1.54) is 18.2 Å². The van der Waals surface area contributed by atoms with Crippen LogP contribution in [0.1, 0.15) is 26.3 Å². The summed E-state index contributed by atoms with van der Waals surface area (Å²) in [5, 5.41) is 18.6. The molecule has 1 aromatic heterocycles. The summed E-state index contributed by atoms with van der Waals surface area (Å²) >= 11 is 11.5. The Hall–Kier alpha value is -2.18. The van der Waals surface area contributed by atoms with Gasteiger partial charge in [0.05, 0.1) is 11.1 Å². The third kappa shape index (κ3) is 3.48. The topological polar surface area (TPSA) is 92.2 Å². The molecule has 0 saturated heterocycles. The van der Waals surface area contributed by atoms with Gasteiger partial charge in [-0.2, -0.15) is 0 Å². The zero-order valence-electron chi connectivity index (χ0n) is 10.7. The monoisotopic (exact) mass is 325 g/mol. The van der Waals surface area contributed by atoms with Crippen molar-refractivity contribution in [2.45, 2.75) is 6.92 Å². The molecule has 0 bridgehead atoms. The minimum Gasteiger partial charge on any atom is -0.478 e. The van der Waals surface area contributed by atoms with Gasteiger partial charge in [-0.1, -0.05) is 23.2 Å². The summed E-state index contributed by atoms with van der Waals surface area (Å²) in [4.78, 5) is 23.0. The lowest BCUT2D eigenvalue weighted by Crippen LogP contribution is -2.14. The summed E-state index contributed by atoms with van der Waals surface area (Å²) in [6.07, 6.45) is 0. The first-order valence-corrected chi connectivity index (χ1v) is 6.48. The molecule has 2 aromatic rings. The second-order valence-electron chi connectivity index (χ2n) is 4.16. The van der Waals surface area contributed by atoms with Crippen molar-refractivity contribution in [1.82, 2.24) is 10.2 Å². The number of halogens is 2. The number of carbonyl (C=O) groups is 2. The molecule has 108 valence electrons.